The van der Waals surface area contributed by atoms with Crippen molar-refractivity contribution in [2.45, 2.75) is 0 Å². The van der Waals surface area contributed by atoms with Crippen molar-refractivity contribution in [3.05, 3.63) is 18.4 Å². The molecule has 0 atom stereocenters. The van der Waals surface area contributed by atoms with E-state index in [0.717, 1.165) is 5.33 Å². The van der Waals surface area contributed by atoms with E-state index in [1.165, 1.54) is 0 Å². The molecule has 0 aromatic rings. The van der Waals surface area contributed by atoms with E-state index >= 15 is 0 Å². The number of hydrogen-bond donors (Lipinski definition) is 0. The number of halogens is 1. The SMILES string of the molecule is C=C=CCBr. The van der Waals surface area contributed by atoms with Crippen LogP contribution < -0.4 is 0 Å². The maximum Gasteiger partial charge on any atom is 0.0287 e. The molecule has 0 unspecified atom stereocenters. The lowest BCUT2D eigenvalue weighted by Crippen LogP contribution is -1.45. The highest BCUT2D eigenvalue weighted by atomic mass is 79.9. The molecule has 0 aliphatic carbocycles. The van der Waals surface area contributed by atoms with Gasteiger partial charge >= 0.3 is 0 Å². The Morgan fingerprint density at radius 2 is 2.60 bits per heavy atom. The maximum atomic E-state index is 3.34. The van der Waals surface area contributed by atoms with Gasteiger partial charge in [-0.2, -0.15) is 0 Å². The van der Waals surface area contributed by atoms with Crippen LogP contribution in [-0.2, 0) is 0 Å². The van der Waals surface area contributed by atoms with E-state index < -0.39 is 0 Å². The summed E-state index contributed by atoms with van der Waals surface area (Å²) >= 11 is 3.15. The number of alkyl halides is 1. The minimum absolute atomic E-state index is 0.858. The van der Waals surface area contributed by atoms with Gasteiger partial charge in [0.2, 0.25) is 0 Å². The smallest absolute Gasteiger partial charge is 0.0287 e. The third-order valence-electron chi connectivity index (χ3n) is 0.221. The van der Waals surface area contributed by atoms with Crippen LogP contribution in [0, 0.1) is 0 Å². The monoisotopic (exact) mass is 132 g/mol. The van der Waals surface area contributed by atoms with Crippen LogP contribution in [0.25, 0.3) is 0 Å². The molecule has 1 heteroatoms. The first-order valence-electron chi connectivity index (χ1n) is 1.32. The lowest BCUT2D eigenvalue weighted by molar-refractivity contribution is 1.84. The van der Waals surface area contributed by atoms with Gasteiger partial charge in [-0.3, -0.25) is 0 Å². The van der Waals surface area contributed by atoms with Crippen LogP contribution in [0.15, 0.2) is 18.4 Å². The van der Waals surface area contributed by atoms with Gasteiger partial charge in [-0.25, -0.2) is 0 Å². The van der Waals surface area contributed by atoms with Crippen molar-refractivity contribution < 1.29 is 0 Å². The summed E-state index contributed by atoms with van der Waals surface area (Å²) in [6.45, 7) is 3.34. The fraction of sp³-hybridized carbons (Fsp3) is 0.250. The van der Waals surface area contributed by atoms with Crippen molar-refractivity contribution in [2.75, 3.05) is 5.33 Å². The standard InChI is InChI=1S/C4H5Br/c1-2-3-4-5/h3H,1,4H2. The third kappa shape index (κ3) is 4.00. The van der Waals surface area contributed by atoms with Gasteiger partial charge in [0.05, 0.1) is 0 Å². The average Bonchev–Trinajstić information content (AvgIpc) is 1.41. The summed E-state index contributed by atoms with van der Waals surface area (Å²) in [5.41, 5.74) is 2.60. The first-order chi connectivity index (χ1) is 2.41. The molecule has 0 aromatic heterocycles. The van der Waals surface area contributed by atoms with Gasteiger partial charge < -0.3 is 0 Å². The molecule has 5 heavy (non-hydrogen) atoms. The Morgan fingerprint density at radius 3 is 2.60 bits per heavy atom. The van der Waals surface area contributed by atoms with Crippen molar-refractivity contribution >= 4 is 15.9 Å². The van der Waals surface area contributed by atoms with Crippen molar-refractivity contribution in [1.29, 1.82) is 0 Å². The first-order valence-corrected chi connectivity index (χ1v) is 2.44. The molecule has 0 nitrogen and oxygen atoms in total. The fourth-order valence-corrected chi connectivity index (χ4v) is 0.283. The molecular weight excluding hydrogens is 128 g/mol. The molecule has 0 rings (SSSR count). The average molecular weight is 133 g/mol. The van der Waals surface area contributed by atoms with Crippen LogP contribution in [0.2, 0.25) is 0 Å². The van der Waals surface area contributed by atoms with Gasteiger partial charge in [-0.1, -0.05) is 22.5 Å². The lowest BCUT2D eigenvalue weighted by atomic mass is 10.7. The summed E-state index contributed by atoms with van der Waals surface area (Å²) in [5.74, 6) is 0. The fourth-order valence-electron chi connectivity index (χ4n) is 0.0546. The van der Waals surface area contributed by atoms with E-state index in [9.17, 15) is 0 Å². The Morgan fingerprint density at radius 1 is 2.00 bits per heavy atom. The molecule has 0 radical (unpaired) electrons. The Kier molecular flexibility index (Phi) is 4.00. The quantitative estimate of drug-likeness (QED) is 0.377. The van der Waals surface area contributed by atoms with E-state index in [1.54, 1.807) is 6.08 Å². The van der Waals surface area contributed by atoms with Gasteiger partial charge in [0, 0.05) is 5.33 Å². The number of rotatable bonds is 1. The van der Waals surface area contributed by atoms with Gasteiger partial charge in [0.1, 0.15) is 0 Å². The van der Waals surface area contributed by atoms with Crippen molar-refractivity contribution in [1.82, 2.24) is 0 Å². The van der Waals surface area contributed by atoms with E-state index in [-0.39, 0.29) is 0 Å². The topological polar surface area (TPSA) is 0 Å². The summed E-state index contributed by atoms with van der Waals surface area (Å²) in [6, 6.07) is 0. The molecule has 0 saturated carbocycles. The molecule has 0 spiro atoms. The summed E-state index contributed by atoms with van der Waals surface area (Å²) in [4.78, 5) is 0. The minimum Gasteiger partial charge on any atom is -0.132 e. The van der Waals surface area contributed by atoms with Crippen LogP contribution >= 0.6 is 15.9 Å². The molecule has 0 heterocycles. The Hall–Kier alpha value is 0. The van der Waals surface area contributed by atoms with Gasteiger partial charge in [-0.05, 0) is 6.08 Å². The molecule has 0 aliphatic rings. The maximum absolute atomic E-state index is 3.34. The zero-order chi connectivity index (χ0) is 4.12. The minimum atomic E-state index is 0.858. The molecule has 0 saturated heterocycles. The summed E-state index contributed by atoms with van der Waals surface area (Å²) < 4.78 is 0. The molecule has 0 N–H and O–H groups in total. The van der Waals surface area contributed by atoms with Crippen LogP contribution in [0.1, 0.15) is 0 Å². The largest absolute Gasteiger partial charge is 0.132 e. The normalized spacial score (nSPS) is 5.80. The third-order valence-corrected chi connectivity index (χ3v) is 0.545. The highest BCUT2D eigenvalue weighted by Gasteiger charge is 1.51. The number of allylic oxidation sites excluding steroid dienone is 1. The van der Waals surface area contributed by atoms with Crippen molar-refractivity contribution in [2.24, 2.45) is 0 Å². The predicted molar refractivity (Wildman–Crippen MR) is 27.5 cm³/mol. The second-order valence-electron chi connectivity index (χ2n) is 0.563. The molecule has 0 bridgehead atoms. The molecule has 0 aromatic carbocycles. The van der Waals surface area contributed by atoms with E-state index in [1.807, 2.05) is 0 Å². The van der Waals surface area contributed by atoms with Gasteiger partial charge in [0.15, 0.2) is 0 Å². The highest BCUT2D eigenvalue weighted by Crippen LogP contribution is 1.75. The molecule has 0 aliphatic heterocycles. The second kappa shape index (κ2) is 4.00. The first kappa shape index (κ1) is 5.00. The van der Waals surface area contributed by atoms with Crippen molar-refractivity contribution in [3.63, 3.8) is 0 Å². The summed E-state index contributed by atoms with van der Waals surface area (Å²) in [7, 11) is 0. The zero-order valence-corrected chi connectivity index (χ0v) is 4.46. The molecular formula is C4H5Br. The second-order valence-corrected chi connectivity index (χ2v) is 1.21. The van der Waals surface area contributed by atoms with Crippen LogP contribution in [0.4, 0.5) is 0 Å². The molecule has 0 amide bonds. The van der Waals surface area contributed by atoms with Gasteiger partial charge in [0.25, 0.3) is 0 Å². The zero-order valence-electron chi connectivity index (χ0n) is 2.87. The highest BCUT2D eigenvalue weighted by molar-refractivity contribution is 9.09. The predicted octanol–water partition coefficient (Wildman–Crippen LogP) is 1.72. The van der Waals surface area contributed by atoms with E-state index in [0.29, 0.717) is 0 Å². The Balaban J connectivity index is 2.93. The molecule has 0 fully saturated rings. The van der Waals surface area contributed by atoms with E-state index in [2.05, 4.69) is 28.2 Å². The summed E-state index contributed by atoms with van der Waals surface area (Å²) in [5, 5.41) is 0.858. The Labute approximate surface area is 40.3 Å². The van der Waals surface area contributed by atoms with Crippen LogP contribution in [0.3, 0.4) is 0 Å². The van der Waals surface area contributed by atoms with E-state index in [4.69, 9.17) is 0 Å². The van der Waals surface area contributed by atoms with Crippen molar-refractivity contribution in [3.8, 4) is 0 Å². The lowest BCUT2D eigenvalue weighted by Gasteiger charge is -1.57. The number of hydrogen-bond acceptors (Lipinski definition) is 0. The Bertz CT molecular complexity index is 50.7. The molecule has 28 valence electrons. The van der Waals surface area contributed by atoms with Gasteiger partial charge in [-0.15, -0.1) is 5.73 Å². The van der Waals surface area contributed by atoms with Crippen LogP contribution in [0.5, 0.6) is 0 Å². The van der Waals surface area contributed by atoms with Crippen LogP contribution in [-0.4, -0.2) is 5.33 Å². The summed E-state index contributed by atoms with van der Waals surface area (Å²) in [6.07, 6.45) is 1.81.